The third-order valence-corrected chi connectivity index (χ3v) is 3.41. The fourth-order valence-electron chi connectivity index (χ4n) is 1.95. The summed E-state index contributed by atoms with van der Waals surface area (Å²) in [6.07, 6.45) is 0. The molecule has 0 aliphatic rings. The number of thiazole rings is 1. The quantitative estimate of drug-likeness (QED) is 0.694. The number of halogens is 1. The molecule has 0 saturated carbocycles. The molecule has 0 radical (unpaired) electrons. The Labute approximate surface area is 112 Å². The Morgan fingerprint density at radius 1 is 1.41 bits per heavy atom. The second-order valence-electron chi connectivity index (χ2n) is 3.58. The van der Waals surface area contributed by atoms with Crippen molar-refractivity contribution in [3.05, 3.63) is 24.3 Å². The maximum atomic E-state index is 11.6. The Kier molecular flexibility index (Phi) is 2.92. The summed E-state index contributed by atoms with van der Waals surface area (Å²) in [6.45, 7) is 1.54. The van der Waals surface area contributed by atoms with Crippen LogP contribution in [0, 0.1) is 0 Å². The van der Waals surface area contributed by atoms with Gasteiger partial charge in [-0.05, 0) is 6.07 Å². The van der Waals surface area contributed by atoms with Crippen LogP contribution in [0.3, 0.4) is 0 Å². The molecule has 2 heterocycles. The van der Waals surface area contributed by atoms with E-state index in [-0.39, 0.29) is 22.9 Å². The van der Waals surface area contributed by atoms with Gasteiger partial charge in [0.15, 0.2) is 5.13 Å². The average Bonchev–Trinajstić information content (AvgIpc) is 2.72. The highest BCUT2D eigenvalue weighted by Crippen LogP contribution is 2.33. The summed E-state index contributed by atoms with van der Waals surface area (Å²) in [7, 11) is 0. The predicted molar refractivity (Wildman–Crippen MR) is 76.2 cm³/mol. The Balaban J connectivity index is 0.00000108. The summed E-state index contributed by atoms with van der Waals surface area (Å²) in [6, 6.07) is 7.72. The van der Waals surface area contributed by atoms with Crippen LogP contribution in [0.25, 0.3) is 21.3 Å². The smallest absolute Gasteiger partial charge is 0.229 e. The second kappa shape index (κ2) is 4.12. The van der Waals surface area contributed by atoms with Gasteiger partial charge in [-0.15, -0.1) is 17.0 Å². The van der Waals surface area contributed by atoms with Crippen LogP contribution in [-0.2, 0) is 0 Å². The van der Waals surface area contributed by atoms with E-state index < -0.39 is 0 Å². The lowest BCUT2D eigenvalue weighted by Crippen LogP contribution is -2.03. The van der Waals surface area contributed by atoms with E-state index in [0.29, 0.717) is 5.13 Å². The Morgan fingerprint density at radius 2 is 2.12 bits per heavy atom. The Hall–Kier alpha value is -1.40. The van der Waals surface area contributed by atoms with E-state index in [4.69, 9.17) is 5.73 Å². The molecular weight excluding hydrogens is 302 g/mol. The summed E-state index contributed by atoms with van der Waals surface area (Å²) in [4.78, 5) is 16.7. The van der Waals surface area contributed by atoms with Gasteiger partial charge in [0.05, 0.1) is 5.52 Å². The number of hydrogen-bond donors (Lipinski definition) is 1. The number of carbonyl (C=O) groups is 1. The third-order valence-electron chi connectivity index (χ3n) is 2.54. The highest BCUT2D eigenvalue weighted by molar-refractivity contribution is 8.93. The lowest BCUT2D eigenvalue weighted by Gasteiger charge is -1.98. The van der Waals surface area contributed by atoms with Crippen molar-refractivity contribution in [2.24, 2.45) is 0 Å². The van der Waals surface area contributed by atoms with Crippen molar-refractivity contribution in [2.75, 3.05) is 5.73 Å². The topological polar surface area (TPSA) is 60.9 Å². The molecule has 0 amide bonds. The van der Waals surface area contributed by atoms with Crippen molar-refractivity contribution in [2.45, 2.75) is 6.92 Å². The zero-order valence-electron chi connectivity index (χ0n) is 9.01. The number of nitrogens with zero attached hydrogens (tertiary/aromatic N) is 2. The predicted octanol–water partition coefficient (Wildman–Crippen LogP) is 3.07. The number of anilines is 1. The van der Waals surface area contributed by atoms with E-state index in [2.05, 4.69) is 4.98 Å². The molecule has 3 aromatic rings. The van der Waals surface area contributed by atoms with E-state index in [1.807, 2.05) is 24.3 Å². The normalized spacial score (nSPS) is 10.6. The van der Waals surface area contributed by atoms with Crippen LogP contribution in [0.5, 0.6) is 0 Å². The van der Waals surface area contributed by atoms with Crippen LogP contribution in [0.4, 0.5) is 5.13 Å². The van der Waals surface area contributed by atoms with Crippen LogP contribution >= 0.6 is 28.3 Å². The average molecular weight is 312 g/mol. The molecule has 0 aliphatic carbocycles. The second-order valence-corrected chi connectivity index (χ2v) is 4.59. The number of nitrogen functional groups attached to an aromatic ring is 1. The molecule has 0 fully saturated rings. The lowest BCUT2D eigenvalue weighted by molar-refractivity contribution is 0.0947. The molecule has 2 aromatic heterocycles. The summed E-state index contributed by atoms with van der Waals surface area (Å²) < 4.78 is 1.67. The third kappa shape index (κ3) is 1.64. The molecule has 0 aliphatic heterocycles. The van der Waals surface area contributed by atoms with Gasteiger partial charge in [0.1, 0.15) is 10.3 Å². The van der Waals surface area contributed by atoms with E-state index in [1.165, 1.54) is 11.3 Å². The van der Waals surface area contributed by atoms with E-state index in [1.54, 1.807) is 11.5 Å². The van der Waals surface area contributed by atoms with Gasteiger partial charge in [-0.3, -0.25) is 9.36 Å². The molecule has 0 spiro atoms. The van der Waals surface area contributed by atoms with Gasteiger partial charge in [-0.1, -0.05) is 29.5 Å². The Bertz CT molecular complexity index is 716. The molecule has 0 bridgehead atoms. The fraction of sp³-hybridized carbons (Fsp3) is 0.0909. The molecule has 6 heteroatoms. The number of nitrogens with two attached hydrogens (primary N) is 1. The highest BCUT2D eigenvalue weighted by Gasteiger charge is 2.16. The van der Waals surface area contributed by atoms with Crippen molar-refractivity contribution in [1.29, 1.82) is 0 Å². The van der Waals surface area contributed by atoms with E-state index in [0.717, 1.165) is 21.3 Å². The molecule has 3 rings (SSSR count). The van der Waals surface area contributed by atoms with E-state index >= 15 is 0 Å². The molecule has 0 saturated heterocycles. The highest BCUT2D eigenvalue weighted by atomic mass is 79.9. The van der Waals surface area contributed by atoms with Gasteiger partial charge in [0, 0.05) is 12.3 Å². The largest absolute Gasteiger partial charge is 0.375 e. The molecule has 17 heavy (non-hydrogen) atoms. The van der Waals surface area contributed by atoms with Gasteiger partial charge in [-0.25, -0.2) is 4.98 Å². The van der Waals surface area contributed by atoms with Crippen molar-refractivity contribution in [3.8, 4) is 0 Å². The molecule has 0 unspecified atom stereocenters. The molecule has 2 N–H and O–H groups in total. The molecule has 4 nitrogen and oxygen atoms in total. The number of carbonyl (C=O) groups excluding carboxylic acids is 1. The number of hydrogen-bond acceptors (Lipinski definition) is 4. The molecular formula is C11H10BrN3OS. The molecule has 1 aromatic carbocycles. The minimum Gasteiger partial charge on any atom is -0.375 e. The van der Waals surface area contributed by atoms with Crippen molar-refractivity contribution in [1.82, 2.24) is 9.55 Å². The van der Waals surface area contributed by atoms with Crippen molar-refractivity contribution < 1.29 is 4.79 Å². The minimum atomic E-state index is -0.0187. The van der Waals surface area contributed by atoms with Gasteiger partial charge in [0.2, 0.25) is 5.91 Å². The SMILES string of the molecule is Br.CC(=O)n1c2ccccc2c2nc(N)sc21. The first kappa shape index (κ1) is 12.1. The van der Waals surface area contributed by atoms with Crippen LogP contribution in [0.2, 0.25) is 0 Å². The van der Waals surface area contributed by atoms with Gasteiger partial charge >= 0.3 is 0 Å². The minimum absolute atomic E-state index is 0. The maximum absolute atomic E-state index is 11.6. The van der Waals surface area contributed by atoms with E-state index in [9.17, 15) is 4.79 Å². The lowest BCUT2D eigenvalue weighted by atomic mass is 10.2. The molecule has 88 valence electrons. The van der Waals surface area contributed by atoms with Crippen molar-refractivity contribution in [3.63, 3.8) is 0 Å². The standard InChI is InChI=1S/C11H9N3OS.BrH/c1-6(15)14-8-5-3-2-4-7(8)9-10(14)16-11(12)13-9;/h2-5H,1H3,(H2,12,13);1H. The maximum Gasteiger partial charge on any atom is 0.229 e. The summed E-state index contributed by atoms with van der Waals surface area (Å²) >= 11 is 1.34. The van der Waals surface area contributed by atoms with Crippen LogP contribution in [-0.4, -0.2) is 15.5 Å². The van der Waals surface area contributed by atoms with Crippen LogP contribution in [0.15, 0.2) is 24.3 Å². The molecule has 0 atom stereocenters. The first-order chi connectivity index (χ1) is 7.68. The summed E-state index contributed by atoms with van der Waals surface area (Å²) in [5.41, 5.74) is 7.38. The number of aromatic nitrogens is 2. The van der Waals surface area contributed by atoms with Gasteiger partial charge < -0.3 is 5.73 Å². The monoisotopic (exact) mass is 311 g/mol. The fourth-order valence-corrected chi connectivity index (χ4v) is 2.85. The van der Waals surface area contributed by atoms with Crippen LogP contribution in [0.1, 0.15) is 11.7 Å². The van der Waals surface area contributed by atoms with Gasteiger partial charge in [-0.2, -0.15) is 0 Å². The zero-order valence-corrected chi connectivity index (χ0v) is 11.5. The van der Waals surface area contributed by atoms with Gasteiger partial charge in [0.25, 0.3) is 0 Å². The number of rotatable bonds is 0. The van der Waals surface area contributed by atoms with Crippen molar-refractivity contribution >= 4 is 60.6 Å². The summed E-state index contributed by atoms with van der Waals surface area (Å²) in [5.74, 6) is -0.0187. The first-order valence-corrected chi connectivity index (χ1v) is 5.66. The number of fused-ring (bicyclic) bond motifs is 3. The zero-order chi connectivity index (χ0) is 11.3. The number of benzene rings is 1. The Morgan fingerprint density at radius 3 is 2.82 bits per heavy atom. The van der Waals surface area contributed by atoms with Crippen LogP contribution < -0.4 is 5.73 Å². The first-order valence-electron chi connectivity index (χ1n) is 4.85. The number of para-hydroxylation sites is 1. The summed E-state index contributed by atoms with van der Waals surface area (Å²) in [5, 5.41) is 1.46.